The molecule has 5 rings (SSSR count). The van der Waals surface area contributed by atoms with E-state index < -0.39 is 0 Å². The highest BCUT2D eigenvalue weighted by atomic mass is 15.2. The third-order valence-electron chi connectivity index (χ3n) is 5.76. The van der Waals surface area contributed by atoms with Crippen LogP contribution in [0, 0.1) is 0 Å². The van der Waals surface area contributed by atoms with Crippen LogP contribution in [0.4, 0.5) is 22.7 Å². The predicted octanol–water partition coefficient (Wildman–Crippen LogP) is 7.98. The highest BCUT2D eigenvalue weighted by Gasteiger charge is 2.20. The van der Waals surface area contributed by atoms with E-state index in [0.717, 1.165) is 17.8 Å². The smallest absolute Gasteiger partial charge is 0.0560 e. The van der Waals surface area contributed by atoms with E-state index in [1.165, 1.54) is 22.5 Å². The zero-order valence-electron chi connectivity index (χ0n) is 17.9. The number of hydrogen-bond donors (Lipinski definition) is 1. The molecule has 1 aliphatic carbocycles. The molecule has 0 saturated heterocycles. The molecular formula is C30H26N2. The van der Waals surface area contributed by atoms with Crippen LogP contribution in [-0.2, 0) is 0 Å². The number of para-hydroxylation sites is 3. The molecule has 2 nitrogen and oxygen atoms in total. The van der Waals surface area contributed by atoms with Gasteiger partial charge in [0, 0.05) is 22.7 Å². The molecule has 1 N–H and O–H groups in total. The van der Waals surface area contributed by atoms with Gasteiger partial charge >= 0.3 is 0 Å². The molecule has 0 saturated carbocycles. The monoisotopic (exact) mass is 414 g/mol. The molecule has 0 aromatic heterocycles. The third-order valence-corrected chi connectivity index (χ3v) is 5.76. The van der Waals surface area contributed by atoms with E-state index in [-0.39, 0.29) is 6.04 Å². The number of nitrogens with one attached hydrogen (secondary N) is 1. The van der Waals surface area contributed by atoms with Gasteiger partial charge in [0.1, 0.15) is 0 Å². The summed E-state index contributed by atoms with van der Waals surface area (Å²) in [5, 5.41) is 3.45. The first kappa shape index (κ1) is 19.9. The molecule has 0 bridgehead atoms. The van der Waals surface area contributed by atoms with Gasteiger partial charge in [-0.15, -0.1) is 0 Å². The fourth-order valence-corrected chi connectivity index (χ4v) is 4.16. The van der Waals surface area contributed by atoms with E-state index in [4.69, 9.17) is 0 Å². The van der Waals surface area contributed by atoms with E-state index in [1.54, 1.807) is 0 Å². The summed E-state index contributed by atoms with van der Waals surface area (Å²) in [7, 11) is 0. The second-order valence-electron chi connectivity index (χ2n) is 7.93. The lowest BCUT2D eigenvalue weighted by atomic mass is 9.95. The normalized spacial score (nSPS) is 15.1. The first-order chi connectivity index (χ1) is 15.9. The van der Waals surface area contributed by atoms with Crippen molar-refractivity contribution in [1.82, 2.24) is 0 Å². The highest BCUT2D eigenvalue weighted by Crippen LogP contribution is 2.33. The molecule has 2 heteroatoms. The van der Waals surface area contributed by atoms with Crippen molar-refractivity contribution in [3.05, 3.63) is 139 Å². The van der Waals surface area contributed by atoms with Gasteiger partial charge in [-0.3, -0.25) is 0 Å². The summed E-state index contributed by atoms with van der Waals surface area (Å²) in [5.74, 6) is 0. The van der Waals surface area contributed by atoms with Crippen LogP contribution >= 0.6 is 0 Å². The summed E-state index contributed by atoms with van der Waals surface area (Å²) in [4.78, 5) is 2.41. The summed E-state index contributed by atoms with van der Waals surface area (Å²) in [6.45, 7) is 0. The van der Waals surface area contributed by atoms with Crippen molar-refractivity contribution in [3.63, 3.8) is 0 Å². The Morgan fingerprint density at radius 2 is 1.12 bits per heavy atom. The fourth-order valence-electron chi connectivity index (χ4n) is 4.16. The average molecular weight is 415 g/mol. The molecule has 4 aromatic rings. The first-order valence-corrected chi connectivity index (χ1v) is 11.1. The number of anilines is 4. The molecule has 4 aromatic carbocycles. The Bertz CT molecular complexity index is 1150. The Kier molecular flexibility index (Phi) is 5.85. The van der Waals surface area contributed by atoms with Crippen molar-refractivity contribution >= 4 is 28.3 Å². The van der Waals surface area contributed by atoms with Gasteiger partial charge in [-0.1, -0.05) is 85.0 Å². The lowest BCUT2D eigenvalue weighted by Crippen LogP contribution is -2.30. The van der Waals surface area contributed by atoms with Crippen LogP contribution in [-0.4, -0.2) is 6.04 Å². The van der Waals surface area contributed by atoms with Crippen LogP contribution in [0.5, 0.6) is 0 Å². The van der Waals surface area contributed by atoms with Crippen LogP contribution in [0.3, 0.4) is 0 Å². The molecule has 1 aliphatic rings. The largest absolute Gasteiger partial charge is 0.356 e. The molecule has 0 radical (unpaired) electrons. The Labute approximate surface area is 190 Å². The fraction of sp³-hybridized carbons (Fsp3) is 0.0667. The standard InChI is InChI=1S/C30H26N2/c1-4-10-26(11-5-1)31-27-20-16-24(17-21-27)25-18-22-30(23-19-25)32(28-12-6-2-7-13-28)29-14-8-3-9-15-29/h1-22,30-31H,23H2. The quantitative estimate of drug-likeness (QED) is 0.344. The minimum absolute atomic E-state index is 0.280. The maximum absolute atomic E-state index is 3.45. The molecule has 0 amide bonds. The number of allylic oxidation sites excluding steroid dienone is 2. The Hall–Kier alpha value is -4.04. The van der Waals surface area contributed by atoms with Gasteiger partial charge in [0.2, 0.25) is 0 Å². The molecular weight excluding hydrogens is 388 g/mol. The van der Waals surface area contributed by atoms with Crippen LogP contribution in [0.2, 0.25) is 0 Å². The van der Waals surface area contributed by atoms with Crippen molar-refractivity contribution < 1.29 is 0 Å². The van der Waals surface area contributed by atoms with E-state index in [0.29, 0.717) is 0 Å². The Balaban J connectivity index is 1.33. The molecule has 0 aliphatic heterocycles. The lowest BCUT2D eigenvalue weighted by Gasteiger charge is -2.33. The summed E-state index contributed by atoms with van der Waals surface area (Å²) < 4.78 is 0. The van der Waals surface area contributed by atoms with Crippen molar-refractivity contribution in [2.45, 2.75) is 12.5 Å². The maximum atomic E-state index is 3.45. The second kappa shape index (κ2) is 9.40. The highest BCUT2D eigenvalue weighted by molar-refractivity contribution is 5.77. The van der Waals surface area contributed by atoms with Crippen molar-refractivity contribution in [3.8, 4) is 0 Å². The van der Waals surface area contributed by atoms with E-state index in [1.807, 2.05) is 18.2 Å². The Morgan fingerprint density at radius 1 is 0.594 bits per heavy atom. The van der Waals surface area contributed by atoms with Crippen molar-refractivity contribution in [2.24, 2.45) is 0 Å². The van der Waals surface area contributed by atoms with Gasteiger partial charge in [-0.05, 0) is 66.1 Å². The third kappa shape index (κ3) is 4.50. The topological polar surface area (TPSA) is 15.3 Å². The molecule has 0 spiro atoms. The van der Waals surface area contributed by atoms with Gasteiger partial charge in [0.25, 0.3) is 0 Å². The van der Waals surface area contributed by atoms with Crippen LogP contribution in [0.1, 0.15) is 12.0 Å². The minimum atomic E-state index is 0.280. The average Bonchev–Trinajstić information content (AvgIpc) is 2.87. The molecule has 1 unspecified atom stereocenters. The predicted molar refractivity (Wildman–Crippen MR) is 137 cm³/mol. The maximum Gasteiger partial charge on any atom is 0.0560 e. The second-order valence-corrected chi connectivity index (χ2v) is 7.93. The first-order valence-electron chi connectivity index (χ1n) is 11.1. The molecule has 0 fully saturated rings. The number of benzene rings is 4. The number of hydrogen-bond acceptors (Lipinski definition) is 2. The number of rotatable bonds is 6. The SMILES string of the molecule is C1=CC(N(c2ccccc2)c2ccccc2)CC=C1c1ccc(Nc2ccccc2)cc1. The summed E-state index contributed by atoms with van der Waals surface area (Å²) in [6.07, 6.45) is 7.89. The van der Waals surface area contributed by atoms with Gasteiger partial charge in [-0.2, -0.15) is 0 Å². The van der Waals surface area contributed by atoms with Gasteiger partial charge in [-0.25, -0.2) is 0 Å². The van der Waals surface area contributed by atoms with Crippen LogP contribution in [0.15, 0.2) is 133 Å². The van der Waals surface area contributed by atoms with Crippen LogP contribution < -0.4 is 10.2 Å². The van der Waals surface area contributed by atoms with Crippen molar-refractivity contribution in [2.75, 3.05) is 10.2 Å². The lowest BCUT2D eigenvalue weighted by molar-refractivity contribution is 0.787. The summed E-state index contributed by atoms with van der Waals surface area (Å²) in [6, 6.07) is 40.5. The van der Waals surface area contributed by atoms with Gasteiger partial charge < -0.3 is 10.2 Å². The molecule has 0 heterocycles. The zero-order chi connectivity index (χ0) is 21.6. The van der Waals surface area contributed by atoms with Crippen molar-refractivity contribution in [1.29, 1.82) is 0 Å². The van der Waals surface area contributed by atoms with E-state index in [9.17, 15) is 0 Å². The molecule has 32 heavy (non-hydrogen) atoms. The van der Waals surface area contributed by atoms with E-state index >= 15 is 0 Å². The summed E-state index contributed by atoms with van der Waals surface area (Å²) in [5.41, 5.74) is 7.13. The number of nitrogens with zero attached hydrogens (tertiary/aromatic N) is 1. The summed E-state index contributed by atoms with van der Waals surface area (Å²) >= 11 is 0. The van der Waals surface area contributed by atoms with Crippen LogP contribution in [0.25, 0.3) is 5.57 Å². The Morgan fingerprint density at radius 3 is 1.66 bits per heavy atom. The van der Waals surface area contributed by atoms with Gasteiger partial charge in [0.05, 0.1) is 6.04 Å². The molecule has 156 valence electrons. The zero-order valence-corrected chi connectivity index (χ0v) is 17.9. The van der Waals surface area contributed by atoms with E-state index in [2.05, 4.69) is 126 Å². The minimum Gasteiger partial charge on any atom is -0.356 e. The molecule has 1 atom stereocenters. The van der Waals surface area contributed by atoms with Gasteiger partial charge in [0.15, 0.2) is 0 Å².